The summed E-state index contributed by atoms with van der Waals surface area (Å²) >= 11 is 1.26. The third kappa shape index (κ3) is 3.73. The first-order valence-electron chi connectivity index (χ1n) is 9.10. The molecule has 148 valence electrons. The maximum atomic E-state index is 13.1. The standard InChI is InChI=1S/C22H19FN2O3S/c1-12-19-17(13-4-3-5-16(10-13)28-2)11-18(26)25-22(19)29-20(12)21(27)24-15-8-6-14(23)7-9-15/h3-10,17H,11H2,1-2H3,(H,24,27)(H,25,26)/t17-/m1/s1. The van der Waals surface area contributed by atoms with Crippen molar-refractivity contribution >= 4 is 33.8 Å². The molecule has 2 amide bonds. The van der Waals surface area contributed by atoms with Gasteiger partial charge in [0.05, 0.1) is 17.0 Å². The molecular formula is C22H19FN2O3S. The van der Waals surface area contributed by atoms with Gasteiger partial charge >= 0.3 is 0 Å². The van der Waals surface area contributed by atoms with E-state index in [9.17, 15) is 14.0 Å². The van der Waals surface area contributed by atoms with Gasteiger partial charge in [0.1, 0.15) is 11.6 Å². The monoisotopic (exact) mass is 410 g/mol. The summed E-state index contributed by atoms with van der Waals surface area (Å²) in [5, 5.41) is 6.38. The average molecular weight is 410 g/mol. The largest absolute Gasteiger partial charge is 0.497 e. The van der Waals surface area contributed by atoms with E-state index in [-0.39, 0.29) is 23.5 Å². The number of thiophene rings is 1. The molecule has 1 aliphatic heterocycles. The number of rotatable bonds is 4. The van der Waals surface area contributed by atoms with Crippen LogP contribution in [0.2, 0.25) is 0 Å². The van der Waals surface area contributed by atoms with Crippen LogP contribution in [0.25, 0.3) is 0 Å². The van der Waals surface area contributed by atoms with Crippen LogP contribution in [0.5, 0.6) is 5.75 Å². The number of hydrogen-bond donors (Lipinski definition) is 2. The van der Waals surface area contributed by atoms with Gasteiger partial charge < -0.3 is 15.4 Å². The lowest BCUT2D eigenvalue weighted by Crippen LogP contribution is -2.22. The summed E-state index contributed by atoms with van der Waals surface area (Å²) in [5.74, 6) is -0.173. The highest BCUT2D eigenvalue weighted by atomic mass is 32.1. The summed E-state index contributed by atoms with van der Waals surface area (Å²) in [5.41, 5.74) is 3.26. The molecule has 0 radical (unpaired) electrons. The number of benzene rings is 2. The van der Waals surface area contributed by atoms with Crippen molar-refractivity contribution in [2.75, 3.05) is 17.7 Å². The number of halogens is 1. The molecule has 1 atom stereocenters. The zero-order valence-corrected chi connectivity index (χ0v) is 16.7. The van der Waals surface area contributed by atoms with Gasteiger partial charge in [-0.25, -0.2) is 4.39 Å². The minimum Gasteiger partial charge on any atom is -0.497 e. The number of carbonyl (C=O) groups excluding carboxylic acids is 2. The Hall–Kier alpha value is -3.19. The van der Waals surface area contributed by atoms with Crippen LogP contribution in [-0.4, -0.2) is 18.9 Å². The number of nitrogens with one attached hydrogen (secondary N) is 2. The van der Waals surface area contributed by atoms with Crippen LogP contribution >= 0.6 is 11.3 Å². The Morgan fingerprint density at radius 3 is 2.72 bits per heavy atom. The lowest BCUT2D eigenvalue weighted by Gasteiger charge is -2.24. The summed E-state index contributed by atoms with van der Waals surface area (Å²) < 4.78 is 18.4. The lowest BCUT2D eigenvalue weighted by atomic mass is 9.85. The summed E-state index contributed by atoms with van der Waals surface area (Å²) in [4.78, 5) is 25.7. The molecule has 0 aliphatic carbocycles. The van der Waals surface area contributed by atoms with E-state index >= 15 is 0 Å². The van der Waals surface area contributed by atoms with E-state index in [1.807, 2.05) is 31.2 Å². The van der Waals surface area contributed by atoms with E-state index < -0.39 is 0 Å². The molecule has 0 saturated carbocycles. The fourth-order valence-electron chi connectivity index (χ4n) is 3.58. The maximum absolute atomic E-state index is 13.1. The van der Waals surface area contributed by atoms with Crippen molar-refractivity contribution in [2.24, 2.45) is 0 Å². The smallest absolute Gasteiger partial charge is 0.266 e. The highest BCUT2D eigenvalue weighted by Gasteiger charge is 2.33. The fraction of sp³-hybridized carbons (Fsp3) is 0.182. The molecule has 3 aromatic rings. The second kappa shape index (κ2) is 7.67. The minimum atomic E-state index is -0.366. The zero-order valence-electron chi connectivity index (χ0n) is 15.9. The minimum absolute atomic E-state index is 0.0861. The fourth-order valence-corrected chi connectivity index (χ4v) is 4.77. The second-order valence-electron chi connectivity index (χ2n) is 6.84. The average Bonchev–Trinajstić information content (AvgIpc) is 3.05. The molecule has 7 heteroatoms. The molecule has 1 aliphatic rings. The number of anilines is 2. The van der Waals surface area contributed by atoms with Crippen LogP contribution in [0.3, 0.4) is 0 Å². The van der Waals surface area contributed by atoms with E-state index in [4.69, 9.17) is 4.74 Å². The van der Waals surface area contributed by atoms with Gasteiger partial charge in [-0.1, -0.05) is 12.1 Å². The van der Waals surface area contributed by atoms with Gasteiger partial charge in [0.15, 0.2) is 0 Å². The van der Waals surface area contributed by atoms with Crippen LogP contribution in [0.1, 0.15) is 38.7 Å². The Morgan fingerprint density at radius 2 is 2.00 bits per heavy atom. The van der Waals surface area contributed by atoms with Crippen LogP contribution < -0.4 is 15.4 Å². The third-order valence-electron chi connectivity index (χ3n) is 4.99. The number of methoxy groups -OCH3 is 1. The number of ether oxygens (including phenoxy) is 1. The maximum Gasteiger partial charge on any atom is 0.266 e. The Labute approximate surface area is 171 Å². The molecule has 1 aromatic heterocycles. The zero-order chi connectivity index (χ0) is 20.5. The van der Waals surface area contributed by atoms with Crippen LogP contribution in [0.4, 0.5) is 15.1 Å². The normalized spacial score (nSPS) is 15.4. The molecule has 29 heavy (non-hydrogen) atoms. The first-order chi connectivity index (χ1) is 14.0. The van der Waals surface area contributed by atoms with Gasteiger partial charge in [0.2, 0.25) is 5.91 Å². The quantitative estimate of drug-likeness (QED) is 0.641. The van der Waals surface area contributed by atoms with Crippen molar-refractivity contribution < 1.29 is 18.7 Å². The Morgan fingerprint density at radius 1 is 1.24 bits per heavy atom. The van der Waals surface area contributed by atoms with Gasteiger partial charge in [-0.05, 0) is 60.0 Å². The number of amides is 2. The van der Waals surface area contributed by atoms with Gasteiger partial charge in [-0.3, -0.25) is 9.59 Å². The molecule has 2 N–H and O–H groups in total. The molecule has 0 bridgehead atoms. The lowest BCUT2D eigenvalue weighted by molar-refractivity contribution is -0.116. The van der Waals surface area contributed by atoms with Crippen molar-refractivity contribution in [3.8, 4) is 5.75 Å². The van der Waals surface area contributed by atoms with E-state index in [2.05, 4.69) is 10.6 Å². The van der Waals surface area contributed by atoms with E-state index in [1.165, 1.54) is 35.6 Å². The predicted octanol–water partition coefficient (Wildman–Crippen LogP) is 4.93. The highest BCUT2D eigenvalue weighted by molar-refractivity contribution is 7.18. The second-order valence-corrected chi connectivity index (χ2v) is 7.86. The summed E-state index contributed by atoms with van der Waals surface area (Å²) in [6, 6.07) is 13.2. The molecule has 0 saturated heterocycles. The number of hydrogen-bond acceptors (Lipinski definition) is 4. The molecule has 5 nitrogen and oxygen atoms in total. The van der Waals surface area contributed by atoms with E-state index in [0.717, 1.165) is 22.4 Å². The van der Waals surface area contributed by atoms with Crippen LogP contribution in [0, 0.1) is 12.7 Å². The third-order valence-corrected chi connectivity index (χ3v) is 6.21. The van der Waals surface area contributed by atoms with Crippen molar-refractivity contribution in [3.05, 3.63) is 75.9 Å². The van der Waals surface area contributed by atoms with Gasteiger partial charge in [-0.15, -0.1) is 11.3 Å². The van der Waals surface area contributed by atoms with Crippen molar-refractivity contribution in [1.29, 1.82) is 0 Å². The summed E-state index contributed by atoms with van der Waals surface area (Å²) in [7, 11) is 1.60. The summed E-state index contributed by atoms with van der Waals surface area (Å²) in [6.07, 6.45) is 0.302. The van der Waals surface area contributed by atoms with E-state index in [1.54, 1.807) is 7.11 Å². The molecule has 0 spiro atoms. The van der Waals surface area contributed by atoms with Gasteiger partial charge in [0, 0.05) is 18.0 Å². The van der Waals surface area contributed by atoms with Crippen molar-refractivity contribution in [3.63, 3.8) is 0 Å². The van der Waals surface area contributed by atoms with Crippen molar-refractivity contribution in [2.45, 2.75) is 19.3 Å². The summed E-state index contributed by atoms with van der Waals surface area (Å²) in [6.45, 7) is 1.89. The Balaban J connectivity index is 1.70. The van der Waals surface area contributed by atoms with Gasteiger partial charge in [0.25, 0.3) is 5.91 Å². The van der Waals surface area contributed by atoms with Crippen LogP contribution in [0.15, 0.2) is 48.5 Å². The number of fused-ring (bicyclic) bond motifs is 1. The topological polar surface area (TPSA) is 67.4 Å². The molecule has 4 rings (SSSR count). The van der Waals surface area contributed by atoms with Crippen molar-refractivity contribution in [1.82, 2.24) is 0 Å². The van der Waals surface area contributed by atoms with Gasteiger partial charge in [-0.2, -0.15) is 0 Å². The molecule has 0 unspecified atom stereocenters. The number of carbonyl (C=O) groups is 2. The molecule has 2 aromatic carbocycles. The SMILES string of the molecule is COc1cccc([C@H]2CC(=O)Nc3sc(C(=O)Nc4ccc(F)cc4)c(C)c32)c1. The highest BCUT2D eigenvalue weighted by Crippen LogP contribution is 2.45. The first kappa shape index (κ1) is 19.1. The van der Waals surface area contributed by atoms with E-state index in [0.29, 0.717) is 22.0 Å². The predicted molar refractivity (Wildman–Crippen MR) is 111 cm³/mol. The Kier molecular flexibility index (Phi) is 5.07. The Bertz CT molecular complexity index is 1090. The first-order valence-corrected chi connectivity index (χ1v) is 9.92. The molecule has 2 heterocycles. The molecule has 0 fully saturated rings. The van der Waals surface area contributed by atoms with Crippen LogP contribution in [-0.2, 0) is 4.79 Å². The molecular weight excluding hydrogens is 391 g/mol.